The third-order valence-electron chi connectivity index (χ3n) is 2.58. The Morgan fingerprint density at radius 3 is 2.29 bits per heavy atom. The highest BCUT2D eigenvalue weighted by Crippen LogP contribution is 2.41. The highest BCUT2D eigenvalue weighted by Gasteiger charge is 2.26. The van der Waals surface area contributed by atoms with Crippen LogP contribution in [0.5, 0.6) is 0 Å². The van der Waals surface area contributed by atoms with Gasteiger partial charge in [0.15, 0.2) is 5.84 Å². The van der Waals surface area contributed by atoms with Crippen LogP contribution in [0.4, 0.5) is 0 Å². The van der Waals surface area contributed by atoms with E-state index in [9.17, 15) is 0 Å². The number of nitrogens with one attached hydrogen (secondary N) is 1. The van der Waals surface area contributed by atoms with E-state index in [0.717, 1.165) is 16.0 Å². The molecule has 0 radical (unpaired) electrons. The quantitative estimate of drug-likeness (QED) is 0.837. The fourth-order valence-corrected chi connectivity index (χ4v) is 4.67. The second kappa shape index (κ2) is 4.96. The van der Waals surface area contributed by atoms with Crippen LogP contribution >= 0.6 is 35.3 Å². The largest absolute Gasteiger partial charge is 0.383 e. The number of thioether (sulfide) groups is 3. The molecule has 90 valence electrons. The highest BCUT2D eigenvalue weighted by atomic mass is 32.2. The number of rotatable bonds is 3. The van der Waals surface area contributed by atoms with Gasteiger partial charge in [0.25, 0.3) is 0 Å². The summed E-state index contributed by atoms with van der Waals surface area (Å²) in [5.41, 5.74) is 7.65. The molecule has 0 atom stereocenters. The maximum absolute atomic E-state index is 7.91. The van der Waals surface area contributed by atoms with E-state index >= 15 is 0 Å². The highest BCUT2D eigenvalue weighted by molar-refractivity contribution is 8.03. The average Bonchev–Trinajstić information content (AvgIpc) is 2.62. The van der Waals surface area contributed by atoms with Gasteiger partial charge in [-0.1, -0.05) is 0 Å². The molecule has 0 fully saturated rings. The standard InChI is InChI=1S/C11H13N3S3/c1-15-6-4-5-7(11(13)14-10(5)12)9(17-3)8(6)16-2/h4H,1-3H3,(H3,12,13,14). The van der Waals surface area contributed by atoms with Gasteiger partial charge in [-0.2, -0.15) is 0 Å². The lowest BCUT2D eigenvalue weighted by Gasteiger charge is -2.14. The molecule has 1 aromatic rings. The number of benzene rings is 1. The Morgan fingerprint density at radius 2 is 1.76 bits per heavy atom. The molecule has 17 heavy (non-hydrogen) atoms. The Hall–Kier alpha value is -0.590. The SMILES string of the molecule is CSc1cc2c(c(SC)c1SC)C(=N)N=C2N. The van der Waals surface area contributed by atoms with Gasteiger partial charge in [-0.3, -0.25) is 5.41 Å². The predicted molar refractivity (Wildman–Crippen MR) is 79.3 cm³/mol. The first kappa shape index (κ1) is 12.9. The third-order valence-corrected chi connectivity index (χ3v) is 5.24. The Labute approximate surface area is 114 Å². The van der Waals surface area contributed by atoms with Gasteiger partial charge in [0.1, 0.15) is 5.84 Å². The monoisotopic (exact) mass is 283 g/mol. The van der Waals surface area contributed by atoms with Crippen molar-refractivity contribution in [3.63, 3.8) is 0 Å². The van der Waals surface area contributed by atoms with Crippen molar-refractivity contribution in [2.45, 2.75) is 14.7 Å². The minimum absolute atomic E-state index is 0.282. The van der Waals surface area contributed by atoms with Gasteiger partial charge in [-0.05, 0) is 24.8 Å². The van der Waals surface area contributed by atoms with Crippen LogP contribution in [0.15, 0.2) is 25.7 Å². The molecule has 1 aliphatic heterocycles. The Kier molecular flexibility index (Phi) is 3.75. The minimum atomic E-state index is 0.282. The molecule has 0 spiro atoms. The smallest absolute Gasteiger partial charge is 0.156 e. The predicted octanol–water partition coefficient (Wildman–Crippen LogP) is 2.90. The molecule has 0 amide bonds. The van der Waals surface area contributed by atoms with Crippen LogP contribution in [-0.2, 0) is 0 Å². The zero-order valence-corrected chi connectivity index (χ0v) is 12.3. The molecular weight excluding hydrogens is 270 g/mol. The number of nitrogens with two attached hydrogens (primary N) is 1. The van der Waals surface area contributed by atoms with Crippen LogP contribution in [-0.4, -0.2) is 30.4 Å². The Balaban J connectivity index is 2.77. The maximum atomic E-state index is 7.91. The lowest BCUT2D eigenvalue weighted by molar-refractivity contribution is 1.11. The van der Waals surface area contributed by atoms with Crippen LogP contribution in [0.2, 0.25) is 0 Å². The molecule has 0 saturated carbocycles. The molecule has 1 aliphatic rings. The van der Waals surface area contributed by atoms with Crippen molar-refractivity contribution in [2.24, 2.45) is 10.7 Å². The summed E-state index contributed by atoms with van der Waals surface area (Å²) in [5, 5.41) is 7.91. The Bertz CT molecular complexity index is 523. The number of fused-ring (bicyclic) bond motifs is 1. The van der Waals surface area contributed by atoms with Crippen molar-refractivity contribution < 1.29 is 0 Å². The van der Waals surface area contributed by atoms with Crippen molar-refractivity contribution in [2.75, 3.05) is 18.8 Å². The van der Waals surface area contributed by atoms with Crippen molar-refractivity contribution in [3.05, 3.63) is 17.2 Å². The summed E-state index contributed by atoms with van der Waals surface area (Å²) in [4.78, 5) is 7.60. The van der Waals surface area contributed by atoms with Gasteiger partial charge in [0.2, 0.25) is 0 Å². The van der Waals surface area contributed by atoms with Crippen LogP contribution in [0.25, 0.3) is 0 Å². The first-order valence-electron chi connectivity index (χ1n) is 4.90. The number of amidine groups is 2. The number of nitrogens with zero attached hydrogens (tertiary/aromatic N) is 1. The first-order chi connectivity index (χ1) is 8.13. The van der Waals surface area contributed by atoms with Gasteiger partial charge < -0.3 is 5.73 Å². The molecule has 3 nitrogen and oxygen atoms in total. The molecular formula is C11H13N3S3. The molecule has 0 aliphatic carbocycles. The van der Waals surface area contributed by atoms with Crippen LogP contribution < -0.4 is 5.73 Å². The van der Waals surface area contributed by atoms with E-state index in [0.29, 0.717) is 5.84 Å². The third kappa shape index (κ3) is 1.98. The van der Waals surface area contributed by atoms with E-state index in [1.54, 1.807) is 35.3 Å². The van der Waals surface area contributed by atoms with Crippen LogP contribution in [0, 0.1) is 5.41 Å². The average molecular weight is 283 g/mol. The molecule has 0 unspecified atom stereocenters. The summed E-state index contributed by atoms with van der Waals surface area (Å²) < 4.78 is 0. The summed E-state index contributed by atoms with van der Waals surface area (Å²) >= 11 is 5.07. The number of aliphatic imine (C=N–C) groups is 1. The van der Waals surface area contributed by atoms with Crippen LogP contribution in [0.3, 0.4) is 0 Å². The summed E-state index contributed by atoms with van der Waals surface area (Å²) in [5.74, 6) is 0.744. The zero-order chi connectivity index (χ0) is 12.6. The summed E-state index contributed by atoms with van der Waals surface area (Å²) in [7, 11) is 0. The molecule has 1 heterocycles. The van der Waals surface area contributed by atoms with E-state index in [2.05, 4.69) is 17.5 Å². The van der Waals surface area contributed by atoms with Crippen molar-refractivity contribution in [1.29, 1.82) is 5.41 Å². The fourth-order valence-electron chi connectivity index (χ4n) is 1.83. The van der Waals surface area contributed by atoms with Gasteiger partial charge in [-0.25, -0.2) is 4.99 Å². The van der Waals surface area contributed by atoms with E-state index < -0.39 is 0 Å². The topological polar surface area (TPSA) is 62.2 Å². The second-order valence-corrected chi connectivity index (χ2v) is 5.89. The van der Waals surface area contributed by atoms with E-state index in [4.69, 9.17) is 11.1 Å². The van der Waals surface area contributed by atoms with Gasteiger partial charge in [0.05, 0.1) is 0 Å². The first-order valence-corrected chi connectivity index (χ1v) is 8.57. The molecule has 0 aromatic heterocycles. The van der Waals surface area contributed by atoms with Gasteiger partial charge in [-0.15, -0.1) is 35.3 Å². The van der Waals surface area contributed by atoms with Crippen molar-refractivity contribution >= 4 is 47.0 Å². The van der Waals surface area contributed by atoms with E-state index in [1.807, 2.05) is 12.3 Å². The Morgan fingerprint density at radius 1 is 1.12 bits per heavy atom. The minimum Gasteiger partial charge on any atom is -0.383 e. The molecule has 3 N–H and O–H groups in total. The molecule has 2 rings (SSSR count). The van der Waals surface area contributed by atoms with E-state index in [-0.39, 0.29) is 5.84 Å². The number of hydrogen-bond donors (Lipinski definition) is 2. The summed E-state index contributed by atoms with van der Waals surface area (Å²) in [6, 6.07) is 2.05. The molecule has 6 heteroatoms. The molecule has 0 saturated heterocycles. The second-order valence-electron chi connectivity index (χ2n) is 3.41. The fraction of sp³-hybridized carbons (Fsp3) is 0.273. The van der Waals surface area contributed by atoms with Crippen LogP contribution in [0.1, 0.15) is 11.1 Å². The zero-order valence-electron chi connectivity index (χ0n) is 9.83. The lowest BCUT2D eigenvalue weighted by atomic mass is 10.1. The van der Waals surface area contributed by atoms with Crippen molar-refractivity contribution in [3.8, 4) is 0 Å². The summed E-state index contributed by atoms with van der Waals surface area (Å²) in [6.45, 7) is 0. The maximum Gasteiger partial charge on any atom is 0.156 e. The van der Waals surface area contributed by atoms with E-state index in [1.165, 1.54) is 9.79 Å². The summed E-state index contributed by atoms with van der Waals surface area (Å²) in [6.07, 6.45) is 6.14. The number of hydrogen-bond acceptors (Lipinski definition) is 5. The van der Waals surface area contributed by atoms with Gasteiger partial charge in [0, 0.05) is 25.8 Å². The lowest BCUT2D eigenvalue weighted by Crippen LogP contribution is -2.11. The van der Waals surface area contributed by atoms with Crippen molar-refractivity contribution in [1.82, 2.24) is 0 Å². The molecule has 1 aromatic carbocycles. The normalized spacial score (nSPS) is 13.8. The van der Waals surface area contributed by atoms with Gasteiger partial charge >= 0.3 is 0 Å². The molecule has 0 bridgehead atoms.